The molecule has 0 spiro atoms. The smallest absolute Gasteiger partial charge is 0.232 e. The second-order valence-electron chi connectivity index (χ2n) is 10.8. The maximum atomic E-state index is 13.8. The van der Waals surface area contributed by atoms with Crippen LogP contribution in [-0.2, 0) is 11.2 Å². The standard InChI is InChI=1S/C37H33NO4/c1-23-18-24(2)36(25(3)19-23)30-12-15-32(16-13-30)38-37(42)33(20-26-4-6-27(22-39)7-5-26)29-10-8-28(9-11-29)31-14-17-34(40)35(41)21-31/h4-19,21-22,33,40-41H,20H2,1-3H3,(H,38,42). The monoisotopic (exact) mass is 555 g/mol. The van der Waals surface area contributed by atoms with E-state index >= 15 is 0 Å². The number of rotatable bonds is 8. The van der Waals surface area contributed by atoms with Gasteiger partial charge in [0.1, 0.15) is 6.29 Å². The number of phenols is 2. The predicted molar refractivity (Wildman–Crippen MR) is 168 cm³/mol. The second-order valence-corrected chi connectivity index (χ2v) is 10.8. The minimum absolute atomic E-state index is 0.139. The van der Waals surface area contributed by atoms with Crippen molar-refractivity contribution in [2.75, 3.05) is 5.32 Å². The van der Waals surface area contributed by atoms with Crippen LogP contribution in [0, 0.1) is 20.8 Å². The van der Waals surface area contributed by atoms with Gasteiger partial charge in [0.15, 0.2) is 11.5 Å². The quantitative estimate of drug-likeness (QED) is 0.133. The summed E-state index contributed by atoms with van der Waals surface area (Å²) in [5.41, 5.74) is 10.6. The van der Waals surface area contributed by atoms with Gasteiger partial charge in [0.25, 0.3) is 0 Å². The van der Waals surface area contributed by atoms with Crippen molar-refractivity contribution in [3.63, 3.8) is 0 Å². The highest BCUT2D eigenvalue weighted by molar-refractivity contribution is 5.96. The Kier molecular flexibility index (Phi) is 8.21. The third-order valence-corrected chi connectivity index (χ3v) is 7.61. The van der Waals surface area contributed by atoms with E-state index in [0.717, 1.165) is 34.1 Å². The Morgan fingerprint density at radius 3 is 1.90 bits per heavy atom. The highest BCUT2D eigenvalue weighted by Crippen LogP contribution is 2.33. The summed E-state index contributed by atoms with van der Waals surface area (Å²) >= 11 is 0. The Labute approximate surface area is 246 Å². The number of aromatic hydroxyl groups is 2. The van der Waals surface area contributed by atoms with E-state index in [1.807, 2.05) is 60.7 Å². The predicted octanol–water partition coefficient (Wildman–Crippen LogP) is 8.13. The molecule has 0 saturated carbocycles. The molecule has 5 aromatic carbocycles. The van der Waals surface area contributed by atoms with Gasteiger partial charge in [-0.2, -0.15) is 0 Å². The number of carbonyl (C=O) groups excluding carboxylic acids is 2. The maximum Gasteiger partial charge on any atom is 0.232 e. The zero-order valence-electron chi connectivity index (χ0n) is 23.9. The fourth-order valence-electron chi connectivity index (χ4n) is 5.53. The average molecular weight is 556 g/mol. The molecule has 5 aromatic rings. The van der Waals surface area contributed by atoms with Crippen LogP contribution in [0.5, 0.6) is 11.5 Å². The van der Waals surface area contributed by atoms with Crippen LogP contribution in [0.1, 0.15) is 44.1 Å². The Morgan fingerprint density at radius 2 is 1.31 bits per heavy atom. The van der Waals surface area contributed by atoms with Gasteiger partial charge in [-0.15, -0.1) is 0 Å². The molecule has 0 aliphatic heterocycles. The molecule has 0 bridgehead atoms. The first-order valence-corrected chi connectivity index (χ1v) is 13.9. The topological polar surface area (TPSA) is 86.6 Å². The van der Waals surface area contributed by atoms with E-state index in [0.29, 0.717) is 17.7 Å². The van der Waals surface area contributed by atoms with Gasteiger partial charge >= 0.3 is 0 Å². The van der Waals surface area contributed by atoms with E-state index in [2.05, 4.69) is 38.2 Å². The lowest BCUT2D eigenvalue weighted by molar-refractivity contribution is -0.117. The summed E-state index contributed by atoms with van der Waals surface area (Å²) < 4.78 is 0. The number of aldehydes is 1. The van der Waals surface area contributed by atoms with Crippen molar-refractivity contribution >= 4 is 17.9 Å². The number of phenolic OH excluding ortho intramolecular Hbond substituents is 2. The van der Waals surface area contributed by atoms with Crippen molar-refractivity contribution in [3.8, 4) is 33.8 Å². The Balaban J connectivity index is 1.41. The summed E-state index contributed by atoms with van der Waals surface area (Å²) in [6.45, 7) is 6.33. The molecule has 1 unspecified atom stereocenters. The van der Waals surface area contributed by atoms with Crippen LogP contribution in [0.2, 0.25) is 0 Å². The molecule has 3 N–H and O–H groups in total. The van der Waals surface area contributed by atoms with Gasteiger partial charge in [0, 0.05) is 11.3 Å². The number of hydrogen-bond acceptors (Lipinski definition) is 4. The molecule has 0 fully saturated rings. The highest BCUT2D eigenvalue weighted by Gasteiger charge is 2.22. The minimum atomic E-state index is -0.490. The van der Waals surface area contributed by atoms with Gasteiger partial charge in [-0.3, -0.25) is 9.59 Å². The van der Waals surface area contributed by atoms with Crippen LogP contribution in [0.4, 0.5) is 5.69 Å². The van der Waals surface area contributed by atoms with Crippen molar-refractivity contribution in [1.29, 1.82) is 0 Å². The number of aryl methyl sites for hydroxylation is 3. The number of benzene rings is 5. The van der Waals surface area contributed by atoms with Crippen molar-refractivity contribution < 1.29 is 19.8 Å². The number of carbonyl (C=O) groups is 2. The Morgan fingerprint density at radius 1 is 0.714 bits per heavy atom. The molecule has 0 aromatic heterocycles. The number of hydrogen-bond donors (Lipinski definition) is 3. The fraction of sp³-hybridized carbons (Fsp3) is 0.135. The van der Waals surface area contributed by atoms with Crippen molar-refractivity contribution in [1.82, 2.24) is 0 Å². The molecule has 0 radical (unpaired) electrons. The van der Waals surface area contributed by atoms with Crippen molar-refractivity contribution in [2.45, 2.75) is 33.1 Å². The molecule has 0 aliphatic carbocycles. The molecule has 5 nitrogen and oxygen atoms in total. The van der Waals surface area contributed by atoms with Crippen molar-refractivity contribution in [2.24, 2.45) is 0 Å². The molecule has 0 aliphatic rings. The van der Waals surface area contributed by atoms with Crippen LogP contribution < -0.4 is 5.32 Å². The van der Waals surface area contributed by atoms with Crippen molar-refractivity contribution in [3.05, 3.63) is 137 Å². The van der Waals surface area contributed by atoms with E-state index in [4.69, 9.17) is 0 Å². The van der Waals surface area contributed by atoms with E-state index in [1.54, 1.807) is 18.2 Å². The summed E-state index contributed by atoms with van der Waals surface area (Å²) in [7, 11) is 0. The lowest BCUT2D eigenvalue weighted by Gasteiger charge is -2.19. The summed E-state index contributed by atoms with van der Waals surface area (Å²) in [5.74, 6) is -0.994. The first-order valence-electron chi connectivity index (χ1n) is 13.9. The first-order chi connectivity index (χ1) is 20.2. The average Bonchev–Trinajstić information content (AvgIpc) is 2.98. The van der Waals surface area contributed by atoms with Crippen LogP contribution in [0.3, 0.4) is 0 Å². The molecule has 42 heavy (non-hydrogen) atoms. The maximum absolute atomic E-state index is 13.8. The van der Waals surface area contributed by atoms with Crippen LogP contribution >= 0.6 is 0 Å². The van der Waals surface area contributed by atoms with E-state index in [-0.39, 0.29) is 17.4 Å². The Bertz CT molecular complexity index is 1710. The van der Waals surface area contributed by atoms with Gasteiger partial charge in [-0.1, -0.05) is 84.4 Å². The number of nitrogens with one attached hydrogen (secondary N) is 1. The summed E-state index contributed by atoms with van der Waals surface area (Å²) in [6.07, 6.45) is 1.25. The Hall–Kier alpha value is -5.16. The third-order valence-electron chi connectivity index (χ3n) is 7.61. The number of amides is 1. The zero-order chi connectivity index (χ0) is 29.8. The second kappa shape index (κ2) is 12.1. The van der Waals surface area contributed by atoms with E-state index < -0.39 is 5.92 Å². The lowest BCUT2D eigenvalue weighted by atomic mass is 9.89. The molecular weight excluding hydrogens is 522 g/mol. The van der Waals surface area contributed by atoms with E-state index in [9.17, 15) is 19.8 Å². The third kappa shape index (κ3) is 6.26. The van der Waals surface area contributed by atoms with Crippen LogP contribution in [-0.4, -0.2) is 22.4 Å². The van der Waals surface area contributed by atoms with Gasteiger partial charge < -0.3 is 15.5 Å². The largest absolute Gasteiger partial charge is 0.504 e. The minimum Gasteiger partial charge on any atom is -0.504 e. The summed E-state index contributed by atoms with van der Waals surface area (Å²) in [4.78, 5) is 24.9. The summed E-state index contributed by atoms with van der Waals surface area (Å²) in [6, 6.07) is 31.9. The number of anilines is 1. The lowest BCUT2D eigenvalue weighted by Crippen LogP contribution is -2.23. The fourth-order valence-corrected chi connectivity index (χ4v) is 5.53. The van der Waals surface area contributed by atoms with Crippen LogP contribution in [0.15, 0.2) is 103 Å². The molecule has 210 valence electrons. The van der Waals surface area contributed by atoms with Gasteiger partial charge in [-0.05, 0) is 96.0 Å². The highest BCUT2D eigenvalue weighted by atomic mass is 16.3. The molecule has 0 heterocycles. The molecule has 0 saturated heterocycles. The molecule has 1 atom stereocenters. The van der Waals surface area contributed by atoms with Gasteiger partial charge in [-0.25, -0.2) is 0 Å². The molecule has 1 amide bonds. The van der Waals surface area contributed by atoms with Gasteiger partial charge in [0.05, 0.1) is 5.92 Å². The molecule has 5 heteroatoms. The first kappa shape index (κ1) is 28.4. The molecule has 5 rings (SSSR count). The summed E-state index contributed by atoms with van der Waals surface area (Å²) in [5, 5.41) is 22.7. The van der Waals surface area contributed by atoms with E-state index in [1.165, 1.54) is 34.4 Å². The normalized spacial score (nSPS) is 11.6. The zero-order valence-corrected chi connectivity index (χ0v) is 23.9. The van der Waals surface area contributed by atoms with Gasteiger partial charge in [0.2, 0.25) is 5.91 Å². The van der Waals surface area contributed by atoms with Crippen LogP contribution in [0.25, 0.3) is 22.3 Å². The molecular formula is C37H33NO4. The SMILES string of the molecule is Cc1cc(C)c(-c2ccc(NC(=O)C(Cc3ccc(C=O)cc3)c3ccc(-c4ccc(O)c(O)c4)cc3)cc2)c(C)c1.